The van der Waals surface area contributed by atoms with Crippen molar-refractivity contribution in [3.05, 3.63) is 41.7 Å². The van der Waals surface area contributed by atoms with Gasteiger partial charge in [-0.25, -0.2) is 4.68 Å². The molecule has 0 aliphatic carbocycles. The van der Waals surface area contributed by atoms with Crippen molar-refractivity contribution in [2.24, 2.45) is 0 Å². The Morgan fingerprint density at radius 3 is 2.61 bits per heavy atom. The molecule has 1 aromatic heterocycles. The molecule has 2 amide bonds. The van der Waals surface area contributed by atoms with E-state index < -0.39 is 17.6 Å². The lowest BCUT2D eigenvalue weighted by Gasteiger charge is -2.31. The molecule has 2 heterocycles. The maximum absolute atomic E-state index is 13.0. The monoisotopic (exact) mass is 467 g/mol. The molecule has 1 aliphatic rings. The number of hydrogen-bond acceptors (Lipinski definition) is 5. The van der Waals surface area contributed by atoms with Crippen LogP contribution in [-0.4, -0.2) is 65.8 Å². The molecule has 2 N–H and O–H groups in total. The molecule has 0 saturated carbocycles. The van der Waals surface area contributed by atoms with Gasteiger partial charge in [0, 0.05) is 25.7 Å². The van der Waals surface area contributed by atoms with Crippen LogP contribution in [0.4, 0.5) is 13.2 Å². The zero-order valence-electron chi connectivity index (χ0n) is 18.6. The van der Waals surface area contributed by atoms with Gasteiger partial charge in [-0.05, 0) is 37.5 Å². The number of amides is 2. The van der Waals surface area contributed by atoms with Crippen LogP contribution in [0.2, 0.25) is 0 Å². The van der Waals surface area contributed by atoms with Gasteiger partial charge in [-0.2, -0.15) is 18.3 Å². The van der Waals surface area contributed by atoms with Crippen molar-refractivity contribution in [2.75, 3.05) is 33.3 Å². The molecule has 33 heavy (non-hydrogen) atoms. The summed E-state index contributed by atoms with van der Waals surface area (Å²) in [6.45, 7) is 4.31. The normalized spacial score (nSPS) is 15.3. The van der Waals surface area contributed by atoms with E-state index in [1.54, 1.807) is 0 Å². The van der Waals surface area contributed by atoms with Crippen LogP contribution in [0, 0.1) is 0 Å². The highest BCUT2D eigenvalue weighted by Crippen LogP contribution is 2.30. The first-order chi connectivity index (χ1) is 15.7. The molecule has 3 rings (SSSR count). The fourth-order valence-corrected chi connectivity index (χ4v) is 3.63. The molecule has 180 valence electrons. The predicted octanol–water partition coefficient (Wildman–Crippen LogP) is 2.62. The number of rotatable bonds is 8. The number of likely N-dealkylation sites (tertiary alicyclic amines) is 1. The summed E-state index contributed by atoms with van der Waals surface area (Å²) in [6.07, 6.45) is -0.888. The number of benzene rings is 1. The number of methoxy groups -OCH3 is 1. The number of alkyl halides is 3. The van der Waals surface area contributed by atoms with Gasteiger partial charge in [0.15, 0.2) is 11.4 Å². The third-order valence-corrected chi connectivity index (χ3v) is 5.42. The number of hydrogen-bond donors (Lipinski definition) is 2. The van der Waals surface area contributed by atoms with Crippen LogP contribution in [0.5, 0.6) is 5.75 Å². The first-order valence-electron chi connectivity index (χ1n) is 10.8. The summed E-state index contributed by atoms with van der Waals surface area (Å²) in [6, 6.07) is 4.58. The second kappa shape index (κ2) is 10.7. The molecular weight excluding hydrogens is 439 g/mol. The van der Waals surface area contributed by atoms with Crippen molar-refractivity contribution in [2.45, 2.75) is 38.4 Å². The zero-order valence-corrected chi connectivity index (χ0v) is 18.6. The fraction of sp³-hybridized carbons (Fsp3) is 0.500. The number of aromatic nitrogens is 2. The Balaban J connectivity index is 1.62. The maximum atomic E-state index is 13.0. The summed E-state index contributed by atoms with van der Waals surface area (Å²) >= 11 is 0. The third kappa shape index (κ3) is 6.47. The summed E-state index contributed by atoms with van der Waals surface area (Å²) in [7, 11) is 1.37. The molecule has 1 fully saturated rings. The molecule has 11 heteroatoms. The maximum Gasteiger partial charge on any atom is 0.416 e. The van der Waals surface area contributed by atoms with E-state index in [0.29, 0.717) is 39.0 Å². The Labute approximate surface area is 190 Å². The van der Waals surface area contributed by atoms with Gasteiger partial charge in [-0.3, -0.25) is 14.5 Å². The van der Waals surface area contributed by atoms with Gasteiger partial charge in [0.2, 0.25) is 5.91 Å². The topological polar surface area (TPSA) is 88.5 Å². The second-order valence-electron chi connectivity index (χ2n) is 7.91. The van der Waals surface area contributed by atoms with Gasteiger partial charge in [0.1, 0.15) is 0 Å². The molecule has 0 bridgehead atoms. The molecule has 0 atom stereocenters. The van der Waals surface area contributed by atoms with E-state index in [2.05, 4.69) is 15.7 Å². The molecule has 1 aliphatic heterocycles. The van der Waals surface area contributed by atoms with Crippen molar-refractivity contribution < 1.29 is 27.5 Å². The average molecular weight is 467 g/mol. The first-order valence-corrected chi connectivity index (χ1v) is 10.8. The van der Waals surface area contributed by atoms with Crippen molar-refractivity contribution in [3.63, 3.8) is 0 Å². The number of ether oxygens (including phenoxy) is 1. The number of nitrogens with one attached hydrogen (secondary N) is 2. The Morgan fingerprint density at radius 1 is 1.24 bits per heavy atom. The fourth-order valence-electron chi connectivity index (χ4n) is 3.63. The average Bonchev–Trinajstić information content (AvgIpc) is 3.23. The van der Waals surface area contributed by atoms with Gasteiger partial charge < -0.3 is 15.4 Å². The molecule has 0 unspecified atom stereocenters. The van der Waals surface area contributed by atoms with Crippen molar-refractivity contribution >= 4 is 11.8 Å². The number of carbonyl (C=O) groups is 2. The SMILES string of the molecule is CCCNC(=O)CN1CCC(NC(=O)c2nn(-c3cccc(C(F)(F)F)c3)cc2OC)CC1. The van der Waals surface area contributed by atoms with Crippen LogP contribution in [0.1, 0.15) is 42.2 Å². The number of nitrogens with zero attached hydrogens (tertiary/aromatic N) is 3. The molecular formula is C22H28F3N5O3. The van der Waals surface area contributed by atoms with Gasteiger partial charge in [0.05, 0.1) is 31.1 Å². The minimum atomic E-state index is -4.49. The molecule has 1 saturated heterocycles. The lowest BCUT2D eigenvalue weighted by Crippen LogP contribution is -2.47. The van der Waals surface area contributed by atoms with Gasteiger partial charge in [-0.15, -0.1) is 0 Å². The van der Waals surface area contributed by atoms with Crippen LogP contribution < -0.4 is 15.4 Å². The van der Waals surface area contributed by atoms with E-state index in [0.717, 1.165) is 18.6 Å². The van der Waals surface area contributed by atoms with Crippen LogP contribution in [0.3, 0.4) is 0 Å². The summed E-state index contributed by atoms with van der Waals surface area (Å²) in [5.74, 6) is -0.309. The van der Waals surface area contributed by atoms with E-state index in [1.165, 1.54) is 30.1 Å². The highest BCUT2D eigenvalue weighted by Gasteiger charge is 2.31. The summed E-state index contributed by atoms with van der Waals surface area (Å²) < 4.78 is 45.5. The Morgan fingerprint density at radius 2 is 1.97 bits per heavy atom. The third-order valence-electron chi connectivity index (χ3n) is 5.42. The molecule has 0 radical (unpaired) electrons. The summed E-state index contributed by atoms with van der Waals surface area (Å²) in [4.78, 5) is 26.7. The van der Waals surface area contributed by atoms with Crippen LogP contribution >= 0.6 is 0 Å². The summed E-state index contributed by atoms with van der Waals surface area (Å²) in [5, 5.41) is 9.94. The quantitative estimate of drug-likeness (QED) is 0.623. The number of carbonyl (C=O) groups excluding carboxylic acids is 2. The van der Waals surface area contributed by atoms with E-state index in [4.69, 9.17) is 4.74 Å². The lowest BCUT2D eigenvalue weighted by atomic mass is 10.0. The van der Waals surface area contributed by atoms with E-state index >= 15 is 0 Å². The van der Waals surface area contributed by atoms with Crippen LogP contribution in [-0.2, 0) is 11.0 Å². The van der Waals surface area contributed by atoms with E-state index in [1.807, 2.05) is 11.8 Å². The minimum absolute atomic E-state index is 0.00344. The Kier molecular flexibility index (Phi) is 7.96. The minimum Gasteiger partial charge on any atom is -0.493 e. The van der Waals surface area contributed by atoms with Gasteiger partial charge in [-0.1, -0.05) is 13.0 Å². The first kappa shape index (κ1) is 24.6. The largest absolute Gasteiger partial charge is 0.493 e. The Bertz CT molecular complexity index is 968. The van der Waals surface area contributed by atoms with E-state index in [9.17, 15) is 22.8 Å². The van der Waals surface area contributed by atoms with Crippen LogP contribution in [0.15, 0.2) is 30.5 Å². The van der Waals surface area contributed by atoms with Gasteiger partial charge >= 0.3 is 6.18 Å². The van der Waals surface area contributed by atoms with Crippen molar-refractivity contribution in [1.82, 2.24) is 25.3 Å². The smallest absolute Gasteiger partial charge is 0.416 e. The van der Waals surface area contributed by atoms with E-state index in [-0.39, 0.29) is 29.1 Å². The molecule has 8 nitrogen and oxygen atoms in total. The van der Waals surface area contributed by atoms with Crippen molar-refractivity contribution in [3.8, 4) is 11.4 Å². The highest BCUT2D eigenvalue weighted by atomic mass is 19.4. The van der Waals surface area contributed by atoms with Crippen LogP contribution in [0.25, 0.3) is 5.69 Å². The molecule has 1 aromatic carbocycles. The molecule has 2 aromatic rings. The standard InChI is InChI=1S/C22H28F3N5O3/c1-3-9-26-19(31)14-29-10-7-16(8-11-29)27-21(32)20-18(33-2)13-30(28-20)17-6-4-5-15(12-17)22(23,24)25/h4-6,12-13,16H,3,7-11,14H2,1-2H3,(H,26,31)(H,27,32). The number of piperidine rings is 1. The van der Waals surface area contributed by atoms with Gasteiger partial charge in [0.25, 0.3) is 5.91 Å². The predicted molar refractivity (Wildman–Crippen MR) is 115 cm³/mol. The lowest BCUT2D eigenvalue weighted by molar-refractivity contribution is -0.137. The summed E-state index contributed by atoms with van der Waals surface area (Å²) in [5.41, 5.74) is -0.649. The number of halogens is 3. The second-order valence-corrected chi connectivity index (χ2v) is 7.91. The Hall–Kier alpha value is -3.08. The van der Waals surface area contributed by atoms with Crippen molar-refractivity contribution in [1.29, 1.82) is 0 Å². The highest BCUT2D eigenvalue weighted by molar-refractivity contribution is 5.95. The zero-order chi connectivity index (χ0) is 24.0. The molecule has 0 spiro atoms.